The summed E-state index contributed by atoms with van der Waals surface area (Å²) in [7, 11) is 0. The lowest BCUT2D eigenvalue weighted by molar-refractivity contribution is 0.608. The van der Waals surface area contributed by atoms with Crippen LogP contribution in [-0.2, 0) is 5.54 Å². The van der Waals surface area contributed by atoms with Crippen LogP contribution in [0.4, 0.5) is 5.82 Å². The molecule has 0 radical (unpaired) electrons. The van der Waals surface area contributed by atoms with Crippen molar-refractivity contribution in [3.63, 3.8) is 0 Å². The fourth-order valence-electron chi connectivity index (χ4n) is 2.29. The Hall–Kier alpha value is -2.14. The minimum absolute atomic E-state index is 0.407. The third-order valence-electron chi connectivity index (χ3n) is 3.46. The van der Waals surface area contributed by atoms with E-state index >= 15 is 0 Å². The number of halogens is 1. The maximum absolute atomic E-state index is 6.23. The molecule has 0 aliphatic carbocycles. The van der Waals surface area contributed by atoms with Crippen LogP contribution in [0.15, 0.2) is 42.7 Å². The lowest BCUT2D eigenvalue weighted by Gasteiger charge is -2.30. The highest BCUT2D eigenvalue weighted by Crippen LogP contribution is 2.27. The van der Waals surface area contributed by atoms with Crippen LogP contribution in [0.25, 0.3) is 5.78 Å². The standard InChI is InChI=1S/C15H16ClN5/c1-11-8-13(21-14(19-11)17-10-18-21)20-15(2,9-16)12-6-4-3-5-7-12/h3-8,10,20H,9H2,1-2H3. The summed E-state index contributed by atoms with van der Waals surface area (Å²) in [6.07, 6.45) is 1.49. The molecule has 1 aromatic carbocycles. The first-order valence-electron chi connectivity index (χ1n) is 6.69. The second-order valence-corrected chi connectivity index (χ2v) is 5.48. The Bertz CT molecular complexity index is 755. The van der Waals surface area contributed by atoms with E-state index in [2.05, 4.69) is 39.4 Å². The number of aromatic nitrogens is 4. The number of aryl methyl sites for hydroxylation is 1. The molecule has 0 bridgehead atoms. The van der Waals surface area contributed by atoms with Crippen LogP contribution in [0.5, 0.6) is 0 Å². The molecule has 0 saturated heterocycles. The SMILES string of the molecule is Cc1cc(NC(C)(CCl)c2ccccc2)n2ncnc2n1. The van der Waals surface area contributed by atoms with E-state index in [4.69, 9.17) is 11.6 Å². The first-order valence-corrected chi connectivity index (χ1v) is 7.23. The number of nitrogens with zero attached hydrogens (tertiary/aromatic N) is 4. The fourth-order valence-corrected chi connectivity index (χ4v) is 2.51. The Morgan fingerprint density at radius 3 is 2.76 bits per heavy atom. The molecule has 3 aromatic rings. The zero-order valence-corrected chi connectivity index (χ0v) is 12.7. The molecule has 3 rings (SSSR count). The number of rotatable bonds is 4. The second kappa shape index (κ2) is 5.33. The molecule has 2 aromatic heterocycles. The van der Waals surface area contributed by atoms with E-state index in [1.54, 1.807) is 4.52 Å². The summed E-state index contributed by atoms with van der Waals surface area (Å²) in [5.74, 6) is 1.82. The van der Waals surface area contributed by atoms with Gasteiger partial charge in [-0.2, -0.15) is 14.6 Å². The van der Waals surface area contributed by atoms with Gasteiger partial charge in [0.1, 0.15) is 12.1 Å². The molecule has 2 heterocycles. The first kappa shape index (κ1) is 13.8. The number of benzene rings is 1. The van der Waals surface area contributed by atoms with Gasteiger partial charge in [0.15, 0.2) is 0 Å². The van der Waals surface area contributed by atoms with Crippen molar-refractivity contribution in [1.29, 1.82) is 0 Å². The summed E-state index contributed by atoms with van der Waals surface area (Å²) in [5.41, 5.74) is 1.58. The Kier molecular flexibility index (Phi) is 3.51. The van der Waals surface area contributed by atoms with Crippen molar-refractivity contribution >= 4 is 23.2 Å². The Morgan fingerprint density at radius 2 is 2.05 bits per heavy atom. The summed E-state index contributed by atoms with van der Waals surface area (Å²) in [6.45, 7) is 3.99. The molecule has 0 saturated carbocycles. The minimum atomic E-state index is -0.407. The van der Waals surface area contributed by atoms with Crippen molar-refractivity contribution < 1.29 is 0 Å². The summed E-state index contributed by atoms with van der Waals surface area (Å²) in [5, 5.41) is 7.69. The summed E-state index contributed by atoms with van der Waals surface area (Å²) >= 11 is 6.23. The van der Waals surface area contributed by atoms with Gasteiger partial charge >= 0.3 is 0 Å². The molecule has 1 N–H and O–H groups in total. The van der Waals surface area contributed by atoms with E-state index in [9.17, 15) is 0 Å². The van der Waals surface area contributed by atoms with Gasteiger partial charge in [0.2, 0.25) is 0 Å². The van der Waals surface area contributed by atoms with E-state index in [0.717, 1.165) is 17.1 Å². The topological polar surface area (TPSA) is 55.1 Å². The second-order valence-electron chi connectivity index (χ2n) is 5.21. The summed E-state index contributed by atoms with van der Waals surface area (Å²) < 4.78 is 1.68. The molecule has 0 spiro atoms. The van der Waals surface area contributed by atoms with E-state index in [1.807, 2.05) is 31.2 Å². The molecular formula is C15H16ClN5. The molecule has 6 heteroatoms. The lowest BCUT2D eigenvalue weighted by atomic mass is 9.94. The van der Waals surface area contributed by atoms with E-state index < -0.39 is 5.54 Å². The summed E-state index contributed by atoms with van der Waals surface area (Å²) in [4.78, 5) is 8.48. The van der Waals surface area contributed by atoms with Crippen molar-refractivity contribution in [2.24, 2.45) is 0 Å². The highest BCUT2D eigenvalue weighted by Gasteiger charge is 2.26. The normalized spacial score (nSPS) is 14.0. The number of alkyl halides is 1. The van der Waals surface area contributed by atoms with Crippen LogP contribution >= 0.6 is 11.6 Å². The number of nitrogens with one attached hydrogen (secondary N) is 1. The average Bonchev–Trinajstić information content (AvgIpc) is 2.96. The van der Waals surface area contributed by atoms with Crippen molar-refractivity contribution in [3.8, 4) is 0 Å². The van der Waals surface area contributed by atoms with Crippen LogP contribution in [0, 0.1) is 6.92 Å². The maximum Gasteiger partial charge on any atom is 0.254 e. The molecule has 1 unspecified atom stereocenters. The number of fused-ring (bicyclic) bond motifs is 1. The van der Waals surface area contributed by atoms with Crippen molar-refractivity contribution in [1.82, 2.24) is 19.6 Å². The van der Waals surface area contributed by atoms with Gasteiger partial charge in [-0.05, 0) is 19.4 Å². The first-order chi connectivity index (χ1) is 10.1. The molecular weight excluding hydrogens is 286 g/mol. The van der Waals surface area contributed by atoms with Gasteiger partial charge in [-0.15, -0.1) is 11.6 Å². The van der Waals surface area contributed by atoms with Gasteiger partial charge in [0, 0.05) is 17.6 Å². The highest BCUT2D eigenvalue weighted by atomic mass is 35.5. The van der Waals surface area contributed by atoms with Crippen LogP contribution in [-0.4, -0.2) is 25.5 Å². The van der Waals surface area contributed by atoms with Gasteiger partial charge in [0.05, 0.1) is 5.54 Å². The van der Waals surface area contributed by atoms with Crippen LogP contribution in [0.2, 0.25) is 0 Å². The van der Waals surface area contributed by atoms with E-state index in [0.29, 0.717) is 11.7 Å². The van der Waals surface area contributed by atoms with E-state index in [-0.39, 0.29) is 0 Å². The van der Waals surface area contributed by atoms with Gasteiger partial charge in [-0.3, -0.25) is 0 Å². The van der Waals surface area contributed by atoms with Crippen molar-refractivity contribution in [2.75, 3.05) is 11.2 Å². The van der Waals surface area contributed by atoms with Crippen LogP contribution < -0.4 is 5.32 Å². The highest BCUT2D eigenvalue weighted by molar-refractivity contribution is 6.18. The smallest absolute Gasteiger partial charge is 0.254 e. The van der Waals surface area contributed by atoms with Gasteiger partial charge in [0.25, 0.3) is 5.78 Å². The molecule has 5 nitrogen and oxygen atoms in total. The molecule has 0 aliphatic rings. The predicted octanol–water partition coefficient (Wildman–Crippen LogP) is 3.00. The average molecular weight is 302 g/mol. The third kappa shape index (κ3) is 2.56. The molecule has 108 valence electrons. The Labute approximate surface area is 128 Å². The summed E-state index contributed by atoms with van der Waals surface area (Å²) in [6, 6.07) is 12.1. The molecule has 0 fully saturated rings. The minimum Gasteiger partial charge on any atom is -0.359 e. The number of anilines is 1. The monoisotopic (exact) mass is 301 g/mol. The largest absolute Gasteiger partial charge is 0.359 e. The van der Waals surface area contributed by atoms with E-state index in [1.165, 1.54) is 6.33 Å². The Morgan fingerprint density at radius 1 is 1.29 bits per heavy atom. The zero-order chi connectivity index (χ0) is 14.9. The van der Waals surface area contributed by atoms with Gasteiger partial charge in [-0.1, -0.05) is 30.3 Å². The van der Waals surface area contributed by atoms with Crippen molar-refractivity contribution in [2.45, 2.75) is 19.4 Å². The predicted molar refractivity (Wildman–Crippen MR) is 83.7 cm³/mol. The third-order valence-corrected chi connectivity index (χ3v) is 4.00. The lowest BCUT2D eigenvalue weighted by Crippen LogP contribution is -2.34. The quantitative estimate of drug-likeness (QED) is 0.753. The molecule has 0 aliphatic heterocycles. The maximum atomic E-state index is 6.23. The van der Waals surface area contributed by atoms with Gasteiger partial charge < -0.3 is 5.32 Å². The molecule has 1 atom stereocenters. The van der Waals surface area contributed by atoms with Crippen LogP contribution in [0.1, 0.15) is 18.2 Å². The number of hydrogen-bond acceptors (Lipinski definition) is 4. The van der Waals surface area contributed by atoms with Crippen molar-refractivity contribution in [3.05, 3.63) is 54.0 Å². The molecule has 0 amide bonds. The fraction of sp³-hybridized carbons (Fsp3) is 0.267. The van der Waals surface area contributed by atoms with Crippen LogP contribution in [0.3, 0.4) is 0 Å². The molecule has 21 heavy (non-hydrogen) atoms. The zero-order valence-electron chi connectivity index (χ0n) is 11.9. The Balaban J connectivity index is 2.05. The van der Waals surface area contributed by atoms with Gasteiger partial charge in [-0.25, -0.2) is 4.98 Å². The number of hydrogen-bond donors (Lipinski definition) is 1.